The van der Waals surface area contributed by atoms with E-state index in [1.54, 1.807) is 19.2 Å². The Morgan fingerprint density at radius 1 is 1.44 bits per heavy atom. The summed E-state index contributed by atoms with van der Waals surface area (Å²) in [5.74, 6) is 0. The SMILES string of the molecule is CCC(=N)c1ccc(S(C)(=O)=O)cc1NC. The van der Waals surface area contributed by atoms with Crippen LogP contribution >= 0.6 is 0 Å². The summed E-state index contributed by atoms with van der Waals surface area (Å²) >= 11 is 0. The number of benzene rings is 1. The highest BCUT2D eigenvalue weighted by Crippen LogP contribution is 2.21. The molecule has 88 valence electrons. The number of sulfone groups is 1. The van der Waals surface area contributed by atoms with Crippen LogP contribution in [-0.4, -0.2) is 27.4 Å². The highest BCUT2D eigenvalue weighted by Gasteiger charge is 2.11. The zero-order valence-electron chi connectivity index (χ0n) is 9.66. The molecule has 1 rings (SSSR count). The van der Waals surface area contributed by atoms with Gasteiger partial charge in [-0.25, -0.2) is 8.42 Å². The molecule has 0 aromatic heterocycles. The molecule has 0 aliphatic rings. The maximum Gasteiger partial charge on any atom is 0.175 e. The van der Waals surface area contributed by atoms with Crippen LogP contribution in [0.15, 0.2) is 23.1 Å². The Morgan fingerprint density at radius 2 is 2.06 bits per heavy atom. The van der Waals surface area contributed by atoms with Crippen molar-refractivity contribution >= 4 is 21.2 Å². The van der Waals surface area contributed by atoms with Crippen LogP contribution in [0.2, 0.25) is 0 Å². The predicted octanol–water partition coefficient (Wildman–Crippen LogP) is 1.91. The molecule has 0 bridgehead atoms. The second-order valence-corrected chi connectivity index (χ2v) is 5.58. The molecule has 0 saturated carbocycles. The molecule has 0 heterocycles. The van der Waals surface area contributed by atoms with Gasteiger partial charge in [0.15, 0.2) is 9.84 Å². The molecule has 2 N–H and O–H groups in total. The van der Waals surface area contributed by atoms with Crippen molar-refractivity contribution in [3.8, 4) is 0 Å². The number of hydrogen-bond acceptors (Lipinski definition) is 4. The quantitative estimate of drug-likeness (QED) is 0.790. The Kier molecular flexibility index (Phi) is 3.70. The fourth-order valence-electron chi connectivity index (χ4n) is 1.41. The molecule has 0 amide bonds. The van der Waals surface area contributed by atoms with Gasteiger partial charge in [-0.15, -0.1) is 0 Å². The number of hydrogen-bond donors (Lipinski definition) is 2. The fraction of sp³-hybridized carbons (Fsp3) is 0.364. The minimum atomic E-state index is -3.20. The van der Waals surface area contributed by atoms with Crippen LogP contribution in [0.3, 0.4) is 0 Å². The van der Waals surface area contributed by atoms with E-state index < -0.39 is 9.84 Å². The first-order valence-electron chi connectivity index (χ1n) is 4.99. The summed E-state index contributed by atoms with van der Waals surface area (Å²) in [4.78, 5) is 0.268. The maximum absolute atomic E-state index is 11.4. The van der Waals surface area contributed by atoms with Crippen molar-refractivity contribution in [2.75, 3.05) is 18.6 Å². The van der Waals surface area contributed by atoms with E-state index in [2.05, 4.69) is 5.32 Å². The molecule has 0 atom stereocenters. The van der Waals surface area contributed by atoms with Crippen LogP contribution in [0, 0.1) is 5.41 Å². The van der Waals surface area contributed by atoms with Gasteiger partial charge in [-0.1, -0.05) is 6.92 Å². The molecule has 0 fully saturated rings. The van der Waals surface area contributed by atoms with Gasteiger partial charge in [0.05, 0.1) is 4.90 Å². The van der Waals surface area contributed by atoms with Crippen molar-refractivity contribution < 1.29 is 8.42 Å². The molecule has 0 spiro atoms. The van der Waals surface area contributed by atoms with E-state index in [9.17, 15) is 8.42 Å². The van der Waals surface area contributed by atoms with Gasteiger partial charge in [0.25, 0.3) is 0 Å². The van der Waals surface area contributed by atoms with Crippen molar-refractivity contribution in [3.05, 3.63) is 23.8 Å². The van der Waals surface area contributed by atoms with Gasteiger partial charge in [0.2, 0.25) is 0 Å². The lowest BCUT2D eigenvalue weighted by Crippen LogP contribution is -2.05. The van der Waals surface area contributed by atoms with E-state index in [4.69, 9.17) is 5.41 Å². The number of rotatable bonds is 4. The topological polar surface area (TPSA) is 70.0 Å². The Morgan fingerprint density at radius 3 is 2.50 bits per heavy atom. The molecule has 0 unspecified atom stereocenters. The normalized spacial score (nSPS) is 11.2. The van der Waals surface area contributed by atoms with Crippen molar-refractivity contribution in [2.45, 2.75) is 18.2 Å². The Labute approximate surface area is 96.1 Å². The van der Waals surface area contributed by atoms with E-state index in [0.29, 0.717) is 17.8 Å². The summed E-state index contributed by atoms with van der Waals surface area (Å²) in [6.07, 6.45) is 1.79. The minimum absolute atomic E-state index is 0.268. The van der Waals surface area contributed by atoms with Crippen LogP contribution in [0.1, 0.15) is 18.9 Å². The number of anilines is 1. The molecule has 1 aromatic carbocycles. The summed E-state index contributed by atoms with van der Waals surface area (Å²) in [5, 5.41) is 10.7. The number of nitrogens with one attached hydrogen (secondary N) is 2. The molecule has 16 heavy (non-hydrogen) atoms. The second kappa shape index (κ2) is 4.65. The summed E-state index contributed by atoms with van der Waals surface area (Å²) in [6, 6.07) is 4.78. The molecular formula is C11H16N2O2S. The lowest BCUT2D eigenvalue weighted by atomic mass is 10.1. The van der Waals surface area contributed by atoms with Gasteiger partial charge in [-0.2, -0.15) is 0 Å². The summed E-state index contributed by atoms with van der Waals surface area (Å²) in [6.45, 7) is 1.90. The van der Waals surface area contributed by atoms with Gasteiger partial charge in [0, 0.05) is 30.3 Å². The third-order valence-electron chi connectivity index (χ3n) is 2.37. The Bertz CT molecular complexity index is 507. The molecule has 0 saturated heterocycles. The van der Waals surface area contributed by atoms with E-state index in [-0.39, 0.29) is 4.90 Å². The highest BCUT2D eigenvalue weighted by atomic mass is 32.2. The van der Waals surface area contributed by atoms with Gasteiger partial charge < -0.3 is 10.7 Å². The monoisotopic (exact) mass is 240 g/mol. The first-order chi connectivity index (χ1) is 7.40. The molecule has 0 radical (unpaired) electrons. The summed E-state index contributed by atoms with van der Waals surface area (Å²) in [7, 11) is -1.48. The fourth-order valence-corrected chi connectivity index (χ4v) is 2.06. The molecular weight excluding hydrogens is 224 g/mol. The van der Waals surface area contributed by atoms with Crippen LogP contribution < -0.4 is 5.32 Å². The van der Waals surface area contributed by atoms with Gasteiger partial charge in [-0.05, 0) is 24.6 Å². The van der Waals surface area contributed by atoms with E-state index in [1.807, 2.05) is 6.92 Å². The van der Waals surface area contributed by atoms with Crippen LogP contribution in [0.4, 0.5) is 5.69 Å². The highest BCUT2D eigenvalue weighted by molar-refractivity contribution is 7.90. The zero-order valence-corrected chi connectivity index (χ0v) is 10.5. The average molecular weight is 240 g/mol. The Hall–Kier alpha value is -1.36. The summed E-state index contributed by atoms with van der Waals surface area (Å²) in [5.41, 5.74) is 1.91. The Balaban J connectivity index is 3.33. The van der Waals surface area contributed by atoms with Crippen LogP contribution in [0.25, 0.3) is 0 Å². The molecule has 0 aliphatic heterocycles. The first kappa shape index (κ1) is 12.7. The van der Waals surface area contributed by atoms with Crippen molar-refractivity contribution in [2.24, 2.45) is 0 Å². The van der Waals surface area contributed by atoms with E-state index >= 15 is 0 Å². The third kappa shape index (κ3) is 2.61. The second-order valence-electron chi connectivity index (χ2n) is 3.56. The molecule has 4 nitrogen and oxygen atoms in total. The molecule has 5 heteroatoms. The maximum atomic E-state index is 11.4. The van der Waals surface area contributed by atoms with E-state index in [0.717, 1.165) is 5.56 Å². The minimum Gasteiger partial charge on any atom is -0.388 e. The average Bonchev–Trinajstić information content (AvgIpc) is 2.26. The van der Waals surface area contributed by atoms with Crippen molar-refractivity contribution in [3.63, 3.8) is 0 Å². The lowest BCUT2D eigenvalue weighted by molar-refractivity contribution is 0.602. The van der Waals surface area contributed by atoms with Gasteiger partial charge >= 0.3 is 0 Å². The van der Waals surface area contributed by atoms with Crippen LogP contribution in [0.5, 0.6) is 0 Å². The summed E-state index contributed by atoms with van der Waals surface area (Å²) < 4.78 is 22.7. The van der Waals surface area contributed by atoms with Crippen LogP contribution in [-0.2, 0) is 9.84 Å². The lowest BCUT2D eigenvalue weighted by Gasteiger charge is -2.10. The smallest absolute Gasteiger partial charge is 0.175 e. The standard InChI is InChI=1S/C11H16N2O2S/c1-4-10(12)9-6-5-8(16(3,14)15)7-11(9)13-2/h5-7,12-13H,4H2,1-3H3. The van der Waals surface area contributed by atoms with Crippen molar-refractivity contribution in [1.82, 2.24) is 0 Å². The van der Waals surface area contributed by atoms with Crippen molar-refractivity contribution in [1.29, 1.82) is 5.41 Å². The predicted molar refractivity (Wildman–Crippen MR) is 66.2 cm³/mol. The third-order valence-corrected chi connectivity index (χ3v) is 3.48. The van der Waals surface area contributed by atoms with E-state index in [1.165, 1.54) is 12.3 Å². The molecule has 1 aromatic rings. The van der Waals surface area contributed by atoms with Gasteiger partial charge in [-0.3, -0.25) is 0 Å². The largest absolute Gasteiger partial charge is 0.388 e. The first-order valence-corrected chi connectivity index (χ1v) is 6.89. The zero-order chi connectivity index (χ0) is 12.3. The molecule has 0 aliphatic carbocycles. The van der Waals surface area contributed by atoms with Gasteiger partial charge in [0.1, 0.15) is 0 Å².